The van der Waals surface area contributed by atoms with Gasteiger partial charge in [-0.25, -0.2) is 8.78 Å². The lowest BCUT2D eigenvalue weighted by molar-refractivity contribution is 0.629. The van der Waals surface area contributed by atoms with E-state index in [0.717, 1.165) is 144 Å². The third-order valence-electron chi connectivity index (χ3n) is 18.0. The van der Waals surface area contributed by atoms with Crippen molar-refractivity contribution in [2.24, 2.45) is 0 Å². The van der Waals surface area contributed by atoms with Crippen LogP contribution in [0.25, 0.3) is 121 Å². The summed E-state index contributed by atoms with van der Waals surface area (Å²) < 4.78 is 36.9. The first-order valence-electron chi connectivity index (χ1n) is 31.2. The van der Waals surface area contributed by atoms with Crippen LogP contribution in [-0.2, 0) is 0 Å². The van der Waals surface area contributed by atoms with Crippen LogP contribution < -0.4 is 9.80 Å². The summed E-state index contributed by atoms with van der Waals surface area (Å²) in [4.78, 5) is 4.20. The van der Waals surface area contributed by atoms with Crippen LogP contribution in [-0.4, -0.2) is 0 Å². The summed E-state index contributed by atoms with van der Waals surface area (Å²) in [6.07, 6.45) is 0. The first-order valence-corrected chi connectivity index (χ1v) is 31.2. The molecule has 0 fully saturated rings. The number of benzene rings is 16. The van der Waals surface area contributed by atoms with Gasteiger partial charge in [-0.3, -0.25) is 0 Å². The molecule has 0 unspecified atom stereocenters. The summed E-state index contributed by atoms with van der Waals surface area (Å²) in [5.74, 6) is -0.732. The molecule has 0 atom stereocenters. The van der Waals surface area contributed by atoms with E-state index in [9.17, 15) is 0 Å². The summed E-state index contributed by atoms with van der Waals surface area (Å²) in [7, 11) is 0. The van der Waals surface area contributed by atoms with Gasteiger partial charge in [-0.15, -0.1) is 0 Å². The smallest absolute Gasteiger partial charge is 0.148 e. The van der Waals surface area contributed by atoms with Gasteiger partial charge < -0.3 is 9.80 Å². The van der Waals surface area contributed by atoms with Crippen LogP contribution >= 0.6 is 0 Å². The second kappa shape index (κ2) is 23.8. The van der Waals surface area contributed by atoms with Crippen molar-refractivity contribution in [3.05, 3.63) is 363 Å². The Balaban J connectivity index is 0.886. The molecule has 4 heteroatoms. The number of hydrogen-bond donors (Lipinski definition) is 0. The highest BCUT2D eigenvalue weighted by Crippen LogP contribution is 2.52. The lowest BCUT2D eigenvalue weighted by Crippen LogP contribution is -2.14. The second-order valence-corrected chi connectivity index (χ2v) is 23.4. The number of anilines is 6. The first kappa shape index (κ1) is 55.3. The molecule has 0 amide bonds. The Morgan fingerprint density at radius 3 is 0.728 bits per heavy atom. The Kier molecular flexibility index (Phi) is 14.3. The fourth-order valence-corrected chi connectivity index (χ4v) is 13.4. The zero-order valence-electron chi connectivity index (χ0n) is 50.1. The molecule has 0 spiro atoms. The zero-order chi connectivity index (χ0) is 61.5. The molecular formula is C88H58F2N2. The van der Waals surface area contributed by atoms with Crippen LogP contribution in [0.5, 0.6) is 0 Å². The predicted molar refractivity (Wildman–Crippen MR) is 383 cm³/mol. The standard InChI is InChI=1S/C88H58F2N2/c89-81-57-73(67-35-31-63(32-36-67)59-19-7-1-8-20-59)55-79(69-43-39-65(40-44-69)61-23-11-3-12-24-61)87(81)91(75-27-15-5-16-28-75)83-53-49-71-48-52-78-84(54-50-72-47-51-77(83)85(71)86(72)78)92(76-29-17-6-18-30-76)88-80(70-45-41-66(42-46-70)62-25-13-4-14-26-62)56-74(58-82(88)90)68-37-33-64(34-38-68)60-21-9-2-10-22-60/h1-58H. The molecule has 16 rings (SSSR count). The van der Waals surface area contributed by atoms with Gasteiger partial charge >= 0.3 is 0 Å². The van der Waals surface area contributed by atoms with Crippen molar-refractivity contribution in [2.75, 3.05) is 9.80 Å². The molecule has 434 valence electrons. The molecule has 0 saturated carbocycles. The van der Waals surface area contributed by atoms with Gasteiger partial charge in [0.15, 0.2) is 0 Å². The molecule has 0 aliphatic rings. The van der Waals surface area contributed by atoms with E-state index in [4.69, 9.17) is 0 Å². The quantitative estimate of drug-likeness (QED) is 0.100. The maximum absolute atomic E-state index is 18.5. The van der Waals surface area contributed by atoms with Gasteiger partial charge in [0, 0.05) is 33.3 Å². The van der Waals surface area contributed by atoms with Crippen LogP contribution in [0.4, 0.5) is 42.9 Å². The van der Waals surface area contributed by atoms with Crippen molar-refractivity contribution in [2.45, 2.75) is 0 Å². The van der Waals surface area contributed by atoms with Gasteiger partial charge in [0.05, 0.1) is 22.7 Å². The van der Waals surface area contributed by atoms with E-state index in [1.54, 1.807) is 12.1 Å². The summed E-state index contributed by atoms with van der Waals surface area (Å²) in [6.45, 7) is 0. The van der Waals surface area contributed by atoms with Gasteiger partial charge in [0.2, 0.25) is 0 Å². The van der Waals surface area contributed by atoms with Gasteiger partial charge in [-0.2, -0.15) is 0 Å². The molecule has 92 heavy (non-hydrogen) atoms. The highest BCUT2D eigenvalue weighted by atomic mass is 19.1. The van der Waals surface area contributed by atoms with Gasteiger partial charge in [-0.05, 0) is 160 Å². The Labute approximate surface area is 534 Å². The van der Waals surface area contributed by atoms with E-state index in [1.165, 1.54) is 0 Å². The van der Waals surface area contributed by atoms with Crippen molar-refractivity contribution in [1.82, 2.24) is 0 Å². The van der Waals surface area contributed by atoms with E-state index in [2.05, 4.69) is 240 Å². The number of rotatable bonds is 14. The minimum absolute atomic E-state index is 0.366. The average molecular weight is 1180 g/mol. The molecule has 0 saturated heterocycles. The minimum Gasteiger partial charge on any atom is -0.307 e. The zero-order valence-corrected chi connectivity index (χ0v) is 50.1. The SMILES string of the molecule is Fc1cc(-c2ccc(-c3ccccc3)cc2)cc(-c2ccc(-c3ccccc3)cc2)c1N(c1ccccc1)c1ccc2ccc3c(N(c4ccccc4)c4c(F)cc(-c5ccc(-c6ccccc6)cc5)cc4-c4ccc(-c5ccccc5)cc4)ccc4ccc1c2c43. The summed E-state index contributed by atoms with van der Waals surface area (Å²) in [6, 6.07) is 120. The normalized spacial score (nSPS) is 11.4. The van der Waals surface area contributed by atoms with Crippen LogP contribution in [0, 0.1) is 11.6 Å². The third-order valence-corrected chi connectivity index (χ3v) is 18.0. The fourth-order valence-electron chi connectivity index (χ4n) is 13.4. The molecule has 0 aliphatic heterocycles. The molecule has 0 heterocycles. The molecule has 0 radical (unpaired) electrons. The van der Waals surface area contributed by atoms with E-state index in [0.29, 0.717) is 11.4 Å². The van der Waals surface area contributed by atoms with Crippen molar-refractivity contribution in [1.29, 1.82) is 0 Å². The van der Waals surface area contributed by atoms with Crippen molar-refractivity contribution < 1.29 is 8.78 Å². The molecule has 0 aliphatic carbocycles. The average Bonchev–Trinajstić information content (AvgIpc) is 0.723. The Hall–Kier alpha value is -12.0. The molecular weight excluding hydrogens is 1120 g/mol. The third kappa shape index (κ3) is 10.3. The number of halogens is 2. The van der Waals surface area contributed by atoms with E-state index in [1.807, 2.05) is 109 Å². The molecule has 0 aromatic heterocycles. The van der Waals surface area contributed by atoms with Crippen molar-refractivity contribution in [3.8, 4) is 89.0 Å². The number of para-hydroxylation sites is 2. The molecule has 16 aromatic rings. The van der Waals surface area contributed by atoms with Gasteiger partial charge in [-0.1, -0.05) is 291 Å². The first-order chi connectivity index (χ1) is 45.5. The Morgan fingerprint density at radius 2 is 0.435 bits per heavy atom. The van der Waals surface area contributed by atoms with Gasteiger partial charge in [0.1, 0.15) is 11.6 Å². The van der Waals surface area contributed by atoms with Gasteiger partial charge in [0.25, 0.3) is 0 Å². The van der Waals surface area contributed by atoms with Crippen molar-refractivity contribution >= 4 is 66.4 Å². The monoisotopic (exact) mass is 1180 g/mol. The predicted octanol–water partition coefficient (Wildman–Crippen LogP) is 25.1. The van der Waals surface area contributed by atoms with E-state index in [-0.39, 0.29) is 11.6 Å². The van der Waals surface area contributed by atoms with Crippen LogP contribution in [0.3, 0.4) is 0 Å². The Morgan fingerprint density at radius 1 is 0.196 bits per heavy atom. The minimum atomic E-state index is -0.366. The topological polar surface area (TPSA) is 6.48 Å². The molecule has 0 N–H and O–H groups in total. The van der Waals surface area contributed by atoms with E-state index < -0.39 is 0 Å². The second-order valence-electron chi connectivity index (χ2n) is 23.4. The Bertz CT molecular complexity index is 4940. The van der Waals surface area contributed by atoms with Crippen LogP contribution in [0.2, 0.25) is 0 Å². The fraction of sp³-hybridized carbons (Fsp3) is 0. The lowest BCUT2D eigenvalue weighted by atomic mass is 9.90. The van der Waals surface area contributed by atoms with Crippen molar-refractivity contribution in [3.63, 3.8) is 0 Å². The summed E-state index contributed by atoms with van der Waals surface area (Å²) >= 11 is 0. The number of hydrogen-bond acceptors (Lipinski definition) is 2. The number of nitrogens with zero attached hydrogens (tertiary/aromatic N) is 2. The highest BCUT2D eigenvalue weighted by Gasteiger charge is 2.29. The largest absolute Gasteiger partial charge is 0.307 e. The lowest BCUT2D eigenvalue weighted by Gasteiger charge is -2.31. The maximum Gasteiger partial charge on any atom is 0.148 e. The molecule has 2 nitrogen and oxygen atoms in total. The maximum atomic E-state index is 18.5. The summed E-state index contributed by atoms with van der Waals surface area (Å²) in [5, 5.41) is 5.96. The van der Waals surface area contributed by atoms with E-state index >= 15 is 8.78 Å². The molecule has 0 bridgehead atoms. The van der Waals surface area contributed by atoms with Crippen LogP contribution in [0.1, 0.15) is 0 Å². The molecule has 16 aromatic carbocycles. The summed E-state index contributed by atoms with van der Waals surface area (Å²) in [5.41, 5.74) is 19.4. The van der Waals surface area contributed by atoms with Crippen LogP contribution in [0.15, 0.2) is 352 Å². The highest BCUT2D eigenvalue weighted by molar-refractivity contribution is 6.28.